The molecule has 1 aromatic carbocycles. The van der Waals surface area contributed by atoms with E-state index in [9.17, 15) is 0 Å². The van der Waals surface area contributed by atoms with Gasteiger partial charge < -0.3 is 10.1 Å². The van der Waals surface area contributed by atoms with Crippen molar-refractivity contribution in [1.29, 1.82) is 0 Å². The van der Waals surface area contributed by atoms with E-state index < -0.39 is 0 Å². The zero-order chi connectivity index (χ0) is 12.6. The summed E-state index contributed by atoms with van der Waals surface area (Å²) in [6, 6.07) is 12.1. The lowest BCUT2D eigenvalue weighted by molar-refractivity contribution is 0.297. The highest BCUT2D eigenvalue weighted by molar-refractivity contribution is 5.77. The highest BCUT2D eigenvalue weighted by Gasteiger charge is 1.88. The van der Waals surface area contributed by atoms with Crippen LogP contribution in [0.2, 0.25) is 0 Å². The van der Waals surface area contributed by atoms with Crippen molar-refractivity contribution in [2.45, 2.75) is 6.42 Å². The fraction of sp³-hybridized carbons (Fsp3) is 0.143. The van der Waals surface area contributed by atoms with Crippen LogP contribution in [0.5, 0.6) is 0 Å². The Morgan fingerprint density at radius 3 is 2.56 bits per heavy atom. The third-order valence-electron chi connectivity index (χ3n) is 2.42. The van der Waals surface area contributed by atoms with Gasteiger partial charge in [-0.3, -0.25) is 4.98 Å². The van der Waals surface area contributed by atoms with Crippen LogP contribution in [0.3, 0.4) is 0 Å². The number of aliphatic hydroxyl groups is 1. The van der Waals surface area contributed by atoms with Crippen LogP contribution < -0.4 is 0 Å². The van der Waals surface area contributed by atoms with Crippen molar-refractivity contribution < 1.29 is 5.11 Å². The van der Waals surface area contributed by atoms with Crippen molar-refractivity contribution >= 4 is 10.9 Å². The Hall–Kier alpha value is -2.20. The van der Waals surface area contributed by atoms with Gasteiger partial charge in [0.2, 0.25) is 0 Å². The van der Waals surface area contributed by atoms with Gasteiger partial charge in [0.1, 0.15) is 5.82 Å². The molecule has 0 saturated carbocycles. The van der Waals surface area contributed by atoms with E-state index in [0.29, 0.717) is 6.42 Å². The van der Waals surface area contributed by atoms with Gasteiger partial charge in [-0.1, -0.05) is 24.3 Å². The summed E-state index contributed by atoms with van der Waals surface area (Å²) in [4.78, 5) is 10.9. The maximum atomic E-state index is 8.38. The van der Waals surface area contributed by atoms with Gasteiger partial charge >= 0.3 is 0 Å². The first-order valence-corrected chi connectivity index (χ1v) is 5.79. The molecule has 18 heavy (non-hydrogen) atoms. The molecule has 3 rings (SSSR count). The highest BCUT2D eigenvalue weighted by Crippen LogP contribution is 2.07. The second-order valence-corrected chi connectivity index (χ2v) is 3.71. The maximum Gasteiger partial charge on any atom is 0.108 e. The zero-order valence-corrected chi connectivity index (χ0v) is 9.95. The van der Waals surface area contributed by atoms with Crippen molar-refractivity contribution in [1.82, 2.24) is 15.0 Å². The molecule has 4 nitrogen and oxygen atoms in total. The van der Waals surface area contributed by atoms with E-state index in [1.165, 1.54) is 5.39 Å². The Bertz CT molecular complexity index is 513. The lowest BCUT2D eigenvalue weighted by Gasteiger charge is -1.91. The number of aromatic amines is 1. The van der Waals surface area contributed by atoms with E-state index in [0.717, 1.165) is 11.3 Å². The van der Waals surface area contributed by atoms with Crippen molar-refractivity contribution in [3.63, 3.8) is 0 Å². The Balaban J connectivity index is 0.000000138. The molecule has 0 aliphatic carbocycles. The molecule has 0 aliphatic heterocycles. The number of rotatable bonds is 2. The second kappa shape index (κ2) is 6.51. The second-order valence-electron chi connectivity index (χ2n) is 3.71. The van der Waals surface area contributed by atoms with Crippen LogP contribution in [-0.4, -0.2) is 26.7 Å². The molecular weight excluding hydrogens is 226 g/mol. The summed E-state index contributed by atoms with van der Waals surface area (Å²) < 4.78 is 0. The third-order valence-corrected chi connectivity index (χ3v) is 2.42. The Morgan fingerprint density at radius 2 is 1.83 bits per heavy atom. The van der Waals surface area contributed by atoms with E-state index in [4.69, 9.17) is 5.11 Å². The van der Waals surface area contributed by atoms with Gasteiger partial charge in [0.05, 0.1) is 12.1 Å². The van der Waals surface area contributed by atoms with Gasteiger partial charge in [-0.15, -0.1) is 0 Å². The summed E-state index contributed by atoms with van der Waals surface area (Å²) in [6.07, 6.45) is 5.84. The Labute approximate surface area is 105 Å². The molecule has 2 N–H and O–H groups in total. The van der Waals surface area contributed by atoms with E-state index in [-0.39, 0.29) is 6.61 Å². The molecule has 0 spiro atoms. The summed E-state index contributed by atoms with van der Waals surface area (Å²) in [7, 11) is 0. The van der Waals surface area contributed by atoms with E-state index in [1.807, 2.05) is 30.5 Å². The largest absolute Gasteiger partial charge is 0.396 e. The minimum absolute atomic E-state index is 0.160. The lowest BCUT2D eigenvalue weighted by atomic mass is 10.2. The van der Waals surface area contributed by atoms with Gasteiger partial charge in [0, 0.05) is 30.4 Å². The monoisotopic (exact) mass is 241 g/mol. The van der Waals surface area contributed by atoms with E-state index >= 15 is 0 Å². The molecule has 0 unspecified atom stereocenters. The number of benzene rings is 1. The Morgan fingerprint density at radius 1 is 1.00 bits per heavy atom. The third kappa shape index (κ3) is 3.40. The Kier molecular flexibility index (Phi) is 4.44. The first-order chi connectivity index (χ1) is 8.90. The van der Waals surface area contributed by atoms with Crippen molar-refractivity contribution in [3.05, 3.63) is 60.8 Å². The summed E-state index contributed by atoms with van der Waals surface area (Å²) in [6.45, 7) is 0.160. The van der Waals surface area contributed by atoms with Crippen LogP contribution in [0.25, 0.3) is 10.9 Å². The maximum absolute atomic E-state index is 8.38. The highest BCUT2D eigenvalue weighted by atomic mass is 16.3. The number of aromatic nitrogens is 3. The van der Waals surface area contributed by atoms with Crippen LogP contribution in [-0.2, 0) is 6.42 Å². The van der Waals surface area contributed by atoms with Crippen LogP contribution in [0.15, 0.2) is 55.0 Å². The SMILES string of the molecule is OCCc1ncc[nH]1.c1ccc2ncccc2c1. The number of hydrogen-bond acceptors (Lipinski definition) is 3. The molecule has 0 aliphatic rings. The number of nitrogens with zero attached hydrogens (tertiary/aromatic N) is 2. The predicted octanol–water partition coefficient (Wildman–Crippen LogP) is 2.18. The molecule has 2 heterocycles. The molecular formula is C14H15N3O. The number of aliphatic hydroxyl groups excluding tert-OH is 1. The number of pyridine rings is 1. The summed E-state index contributed by atoms with van der Waals surface area (Å²) in [5, 5.41) is 9.58. The molecule has 0 bridgehead atoms. The minimum atomic E-state index is 0.160. The average molecular weight is 241 g/mol. The number of para-hydroxylation sites is 1. The molecule has 4 heteroatoms. The van der Waals surface area contributed by atoms with Gasteiger partial charge in [-0.2, -0.15) is 0 Å². The summed E-state index contributed by atoms with van der Waals surface area (Å²) in [5.74, 6) is 0.840. The van der Waals surface area contributed by atoms with Crippen molar-refractivity contribution in [3.8, 4) is 0 Å². The van der Waals surface area contributed by atoms with Gasteiger partial charge in [0.25, 0.3) is 0 Å². The standard InChI is InChI=1S/C9H7N.C5H8N2O/c1-2-6-9-8(4-1)5-3-7-10-9;8-4-1-5-6-2-3-7-5/h1-7H;2-3,8H,1,4H2,(H,6,7). The molecule has 0 saturated heterocycles. The van der Waals surface area contributed by atoms with Crippen LogP contribution in [0.4, 0.5) is 0 Å². The smallest absolute Gasteiger partial charge is 0.108 e. The van der Waals surface area contributed by atoms with Crippen molar-refractivity contribution in [2.75, 3.05) is 6.61 Å². The first-order valence-electron chi connectivity index (χ1n) is 5.79. The summed E-state index contributed by atoms with van der Waals surface area (Å²) >= 11 is 0. The lowest BCUT2D eigenvalue weighted by Crippen LogP contribution is -1.91. The van der Waals surface area contributed by atoms with Crippen LogP contribution in [0, 0.1) is 0 Å². The topological polar surface area (TPSA) is 61.8 Å². The van der Waals surface area contributed by atoms with Gasteiger partial charge in [0.15, 0.2) is 0 Å². The summed E-state index contributed by atoms with van der Waals surface area (Å²) in [5.41, 5.74) is 1.06. The molecule has 92 valence electrons. The first kappa shape index (κ1) is 12.3. The van der Waals surface area contributed by atoms with E-state index in [1.54, 1.807) is 12.4 Å². The van der Waals surface area contributed by atoms with Gasteiger partial charge in [-0.05, 0) is 12.1 Å². The molecule has 2 aromatic heterocycles. The number of hydrogen-bond donors (Lipinski definition) is 2. The predicted molar refractivity (Wildman–Crippen MR) is 71.1 cm³/mol. The molecule has 0 atom stereocenters. The van der Waals surface area contributed by atoms with Crippen molar-refractivity contribution in [2.24, 2.45) is 0 Å². The normalized spacial score (nSPS) is 9.83. The molecule has 0 amide bonds. The minimum Gasteiger partial charge on any atom is -0.396 e. The van der Waals surface area contributed by atoms with Crippen LogP contribution in [0.1, 0.15) is 5.82 Å². The fourth-order valence-corrected chi connectivity index (χ4v) is 1.56. The number of nitrogens with one attached hydrogen (secondary N) is 1. The zero-order valence-electron chi connectivity index (χ0n) is 9.95. The number of H-pyrrole nitrogens is 1. The van der Waals surface area contributed by atoms with Crippen LogP contribution >= 0.6 is 0 Å². The number of fused-ring (bicyclic) bond motifs is 1. The molecule has 0 fully saturated rings. The van der Waals surface area contributed by atoms with E-state index in [2.05, 4.69) is 27.1 Å². The fourth-order valence-electron chi connectivity index (χ4n) is 1.56. The molecule has 0 radical (unpaired) electrons. The number of imidazole rings is 1. The molecule has 3 aromatic rings. The average Bonchev–Trinajstić information content (AvgIpc) is 2.93. The quantitative estimate of drug-likeness (QED) is 0.723. The van der Waals surface area contributed by atoms with Gasteiger partial charge in [-0.25, -0.2) is 4.98 Å².